The fourth-order valence-corrected chi connectivity index (χ4v) is 7.64. The third-order valence-electron chi connectivity index (χ3n) is 10.2. The van der Waals surface area contributed by atoms with Gasteiger partial charge in [0.15, 0.2) is 0 Å². The van der Waals surface area contributed by atoms with Gasteiger partial charge < -0.3 is 9.80 Å². The summed E-state index contributed by atoms with van der Waals surface area (Å²) in [5.41, 5.74) is 10.7. The molecule has 0 aliphatic heterocycles. The van der Waals surface area contributed by atoms with Crippen LogP contribution in [-0.2, 0) is 0 Å². The van der Waals surface area contributed by atoms with Crippen LogP contribution in [0.5, 0.6) is 0 Å². The Hall–Kier alpha value is -6.38. The summed E-state index contributed by atoms with van der Waals surface area (Å²) in [5.74, 6) is 0. The van der Waals surface area contributed by atoms with Crippen molar-refractivity contribution in [3.8, 4) is 11.1 Å². The van der Waals surface area contributed by atoms with Gasteiger partial charge in [-0.15, -0.1) is 0 Å². The fourth-order valence-electron chi connectivity index (χ4n) is 7.64. The highest BCUT2D eigenvalue weighted by Gasteiger charge is 2.17. The van der Waals surface area contributed by atoms with E-state index in [4.69, 9.17) is 0 Å². The summed E-state index contributed by atoms with van der Waals surface area (Å²) in [6.07, 6.45) is 9.08. The fraction of sp³-hybridized carbons (Fsp3) is 0.0612. The van der Waals surface area contributed by atoms with Crippen LogP contribution in [0.15, 0.2) is 188 Å². The number of allylic oxidation sites excluding steroid dienone is 4. The van der Waals surface area contributed by atoms with Gasteiger partial charge in [0.1, 0.15) is 0 Å². The molecule has 0 saturated carbocycles. The minimum absolute atomic E-state index is 1.09. The Kier molecular flexibility index (Phi) is 7.91. The lowest BCUT2D eigenvalue weighted by molar-refractivity contribution is 1.04. The molecule has 1 aliphatic rings. The van der Waals surface area contributed by atoms with E-state index in [1.54, 1.807) is 0 Å². The van der Waals surface area contributed by atoms with E-state index >= 15 is 0 Å². The minimum Gasteiger partial charge on any atom is -0.344 e. The molecular formula is C49H38N2. The van der Waals surface area contributed by atoms with Gasteiger partial charge in [-0.25, -0.2) is 0 Å². The molecule has 2 heteroatoms. The van der Waals surface area contributed by atoms with Gasteiger partial charge in [0, 0.05) is 40.3 Å². The lowest BCUT2D eigenvalue weighted by Crippen LogP contribution is -2.11. The Morgan fingerprint density at radius 2 is 1.02 bits per heavy atom. The number of hydrogen-bond acceptors (Lipinski definition) is 2. The SMILES string of the molecule is CN(c1ccc(-c2ccc(N(c3cccc(C4=CCCC=C4)c3)c3cccc4ccccc34)cc2)cc1)c1c2ccccc2cc2ccccc12. The van der Waals surface area contributed by atoms with Crippen LogP contribution in [0.4, 0.5) is 28.4 Å². The lowest BCUT2D eigenvalue weighted by Gasteiger charge is -2.27. The van der Waals surface area contributed by atoms with E-state index in [9.17, 15) is 0 Å². The zero-order valence-corrected chi connectivity index (χ0v) is 28.7. The zero-order valence-electron chi connectivity index (χ0n) is 28.7. The standard InChI is InChI=1S/C49H38N2/c1-50(49-46-22-9-6-16-40(46)33-41-17-7-10-23-47(41)49)42-29-25-36(26-30-42)37-27-31-43(32-28-37)51(48-24-12-18-38-15-5-8-21-45(38)48)44-20-11-19-39(34-44)35-13-3-2-4-14-35/h3,5-34H,2,4H2,1H3. The first-order chi connectivity index (χ1) is 25.2. The molecule has 1 aliphatic carbocycles. The summed E-state index contributed by atoms with van der Waals surface area (Å²) in [6.45, 7) is 0. The minimum atomic E-state index is 1.09. The van der Waals surface area contributed by atoms with Gasteiger partial charge in [0.2, 0.25) is 0 Å². The highest BCUT2D eigenvalue weighted by molar-refractivity contribution is 6.12. The molecule has 2 nitrogen and oxygen atoms in total. The first kappa shape index (κ1) is 30.7. The van der Waals surface area contributed by atoms with Crippen molar-refractivity contribution >= 4 is 66.3 Å². The molecule has 8 aromatic rings. The van der Waals surface area contributed by atoms with Crippen molar-refractivity contribution in [2.24, 2.45) is 0 Å². The average molecular weight is 655 g/mol. The number of hydrogen-bond donors (Lipinski definition) is 0. The predicted molar refractivity (Wildman–Crippen MR) is 220 cm³/mol. The van der Waals surface area contributed by atoms with Crippen LogP contribution in [0.3, 0.4) is 0 Å². The number of rotatable bonds is 7. The monoisotopic (exact) mass is 654 g/mol. The van der Waals surface area contributed by atoms with Crippen molar-refractivity contribution in [3.05, 3.63) is 194 Å². The van der Waals surface area contributed by atoms with Crippen molar-refractivity contribution in [2.75, 3.05) is 16.8 Å². The molecule has 0 bridgehead atoms. The molecule has 0 saturated heterocycles. The second kappa shape index (κ2) is 13.2. The van der Waals surface area contributed by atoms with Crippen molar-refractivity contribution in [1.29, 1.82) is 0 Å². The molecule has 8 aromatic carbocycles. The predicted octanol–water partition coefficient (Wildman–Crippen LogP) is 13.8. The Morgan fingerprint density at radius 3 is 1.69 bits per heavy atom. The maximum absolute atomic E-state index is 2.40. The van der Waals surface area contributed by atoms with Crippen LogP contribution < -0.4 is 9.80 Å². The maximum atomic E-state index is 2.40. The molecule has 0 atom stereocenters. The Balaban J connectivity index is 1.07. The van der Waals surface area contributed by atoms with Crippen LogP contribution in [-0.4, -0.2) is 7.05 Å². The second-order valence-corrected chi connectivity index (χ2v) is 13.3. The summed E-state index contributed by atoms with van der Waals surface area (Å²) in [7, 11) is 2.18. The van der Waals surface area contributed by atoms with Crippen LogP contribution in [0.25, 0.3) is 49.0 Å². The largest absolute Gasteiger partial charge is 0.344 e. The average Bonchev–Trinajstić information content (AvgIpc) is 3.21. The molecule has 0 radical (unpaired) electrons. The Bertz CT molecular complexity index is 2530. The van der Waals surface area contributed by atoms with E-state index in [0.29, 0.717) is 0 Å². The number of benzene rings is 8. The summed E-state index contributed by atoms with van der Waals surface area (Å²) in [5, 5.41) is 7.47. The molecule has 244 valence electrons. The van der Waals surface area contributed by atoms with E-state index in [0.717, 1.165) is 29.9 Å². The van der Waals surface area contributed by atoms with Gasteiger partial charge in [-0.1, -0.05) is 140 Å². The van der Waals surface area contributed by atoms with E-state index in [1.165, 1.54) is 66.0 Å². The van der Waals surface area contributed by atoms with Crippen LogP contribution in [0, 0.1) is 0 Å². The quantitative estimate of drug-likeness (QED) is 0.158. The highest BCUT2D eigenvalue weighted by atomic mass is 15.1. The van der Waals surface area contributed by atoms with Crippen molar-refractivity contribution in [2.45, 2.75) is 12.8 Å². The van der Waals surface area contributed by atoms with Gasteiger partial charge in [-0.05, 0) is 99.8 Å². The number of anilines is 5. The van der Waals surface area contributed by atoms with Gasteiger partial charge in [0.25, 0.3) is 0 Å². The molecule has 0 heterocycles. The van der Waals surface area contributed by atoms with Crippen LogP contribution >= 0.6 is 0 Å². The topological polar surface area (TPSA) is 6.48 Å². The maximum Gasteiger partial charge on any atom is 0.0567 e. The normalized spacial score (nSPS) is 12.7. The summed E-state index contributed by atoms with van der Waals surface area (Å²) < 4.78 is 0. The first-order valence-electron chi connectivity index (χ1n) is 17.8. The molecule has 9 rings (SSSR count). The lowest BCUT2D eigenvalue weighted by atomic mass is 9.98. The molecular weight excluding hydrogens is 617 g/mol. The summed E-state index contributed by atoms with van der Waals surface area (Å²) in [4.78, 5) is 4.72. The van der Waals surface area contributed by atoms with Crippen molar-refractivity contribution in [1.82, 2.24) is 0 Å². The molecule has 0 N–H and O–H groups in total. The molecule has 0 amide bonds. The van der Waals surface area contributed by atoms with Crippen LogP contribution in [0.1, 0.15) is 18.4 Å². The van der Waals surface area contributed by atoms with Crippen molar-refractivity contribution < 1.29 is 0 Å². The van der Waals surface area contributed by atoms with Gasteiger partial charge >= 0.3 is 0 Å². The van der Waals surface area contributed by atoms with Gasteiger partial charge in [0.05, 0.1) is 11.4 Å². The summed E-state index contributed by atoms with van der Waals surface area (Å²) in [6, 6.07) is 61.8. The van der Waals surface area contributed by atoms with Gasteiger partial charge in [-0.3, -0.25) is 0 Å². The highest BCUT2D eigenvalue weighted by Crippen LogP contribution is 2.42. The number of fused-ring (bicyclic) bond motifs is 3. The van der Waals surface area contributed by atoms with Gasteiger partial charge in [-0.2, -0.15) is 0 Å². The van der Waals surface area contributed by atoms with E-state index < -0.39 is 0 Å². The second-order valence-electron chi connectivity index (χ2n) is 13.3. The molecule has 0 aromatic heterocycles. The number of nitrogens with zero attached hydrogens (tertiary/aromatic N) is 2. The third-order valence-corrected chi connectivity index (χ3v) is 10.2. The molecule has 0 unspecified atom stereocenters. The van der Waals surface area contributed by atoms with E-state index in [2.05, 4.69) is 205 Å². The molecule has 0 spiro atoms. The smallest absolute Gasteiger partial charge is 0.0567 e. The zero-order chi connectivity index (χ0) is 34.1. The van der Waals surface area contributed by atoms with Crippen molar-refractivity contribution in [3.63, 3.8) is 0 Å². The van der Waals surface area contributed by atoms with Crippen LogP contribution in [0.2, 0.25) is 0 Å². The molecule has 0 fully saturated rings. The van der Waals surface area contributed by atoms with E-state index in [1.807, 2.05) is 0 Å². The van der Waals surface area contributed by atoms with E-state index in [-0.39, 0.29) is 0 Å². The first-order valence-corrected chi connectivity index (χ1v) is 17.8. The molecule has 51 heavy (non-hydrogen) atoms. The Labute approximate surface area is 299 Å². The summed E-state index contributed by atoms with van der Waals surface area (Å²) >= 11 is 0. The third kappa shape index (κ3) is 5.75. The Morgan fingerprint density at radius 1 is 0.431 bits per heavy atom.